The summed E-state index contributed by atoms with van der Waals surface area (Å²) in [6.45, 7) is 9.28. The lowest BCUT2D eigenvalue weighted by Crippen LogP contribution is -2.48. The van der Waals surface area contributed by atoms with Gasteiger partial charge in [-0.05, 0) is 93.1 Å². The lowest BCUT2D eigenvalue weighted by atomic mass is 9.99. The number of hydrogen-bond acceptors (Lipinski definition) is 8. The number of aromatic nitrogens is 2. The third-order valence-electron chi connectivity index (χ3n) is 10.5. The van der Waals surface area contributed by atoms with Gasteiger partial charge in [0.2, 0.25) is 10.0 Å². The maximum Gasteiger partial charge on any atom is 0.254 e. The molecule has 1 atom stereocenters. The van der Waals surface area contributed by atoms with Gasteiger partial charge in [-0.15, -0.1) is 0 Å². The van der Waals surface area contributed by atoms with Crippen LogP contribution < -0.4 is 10.2 Å². The van der Waals surface area contributed by atoms with Crippen molar-refractivity contribution in [2.75, 3.05) is 24.5 Å². The number of likely N-dealkylation sites (tertiary alicyclic amines) is 1. The van der Waals surface area contributed by atoms with Crippen molar-refractivity contribution >= 4 is 21.6 Å². The first-order valence-corrected chi connectivity index (χ1v) is 20.3. The molecule has 11 heteroatoms. The van der Waals surface area contributed by atoms with Gasteiger partial charge < -0.3 is 15.1 Å². The van der Waals surface area contributed by atoms with Crippen molar-refractivity contribution in [3.63, 3.8) is 0 Å². The van der Waals surface area contributed by atoms with Crippen molar-refractivity contribution in [1.82, 2.24) is 24.5 Å². The number of anilines is 1. The van der Waals surface area contributed by atoms with Crippen LogP contribution in [0.25, 0.3) is 0 Å². The number of piperidine rings is 1. The zero-order chi connectivity index (χ0) is 38.8. The van der Waals surface area contributed by atoms with Crippen molar-refractivity contribution in [2.24, 2.45) is 0 Å². The first kappa shape index (κ1) is 39.3. The van der Waals surface area contributed by atoms with Crippen molar-refractivity contribution in [3.8, 4) is 6.07 Å². The quantitative estimate of drug-likeness (QED) is 0.121. The van der Waals surface area contributed by atoms with Crippen molar-refractivity contribution in [1.29, 1.82) is 5.26 Å². The second-order valence-corrected chi connectivity index (χ2v) is 16.2. The molecule has 1 N–H and O–H groups in total. The maximum absolute atomic E-state index is 14.2. The van der Waals surface area contributed by atoms with Crippen LogP contribution in [0.4, 0.5) is 5.69 Å². The number of aryl methyl sites for hydroxylation is 2. The average Bonchev–Trinajstić information content (AvgIpc) is 3.20. The fourth-order valence-corrected chi connectivity index (χ4v) is 8.77. The minimum absolute atomic E-state index is 0.142. The summed E-state index contributed by atoms with van der Waals surface area (Å²) in [5, 5.41) is 12.7. The second kappa shape index (κ2) is 18.3. The molecule has 0 radical (unpaired) electrons. The molecule has 2 heterocycles. The fourth-order valence-electron chi connectivity index (χ4n) is 7.35. The molecule has 1 aromatic heterocycles. The average molecular weight is 756 g/mol. The number of amides is 1. The van der Waals surface area contributed by atoms with Gasteiger partial charge in [0.15, 0.2) is 0 Å². The van der Waals surface area contributed by atoms with Crippen LogP contribution in [-0.4, -0.2) is 65.2 Å². The maximum atomic E-state index is 14.2. The Labute approximate surface area is 325 Å². The highest BCUT2D eigenvalue weighted by Gasteiger charge is 2.29. The molecular formula is C44H49N7O3S. The summed E-state index contributed by atoms with van der Waals surface area (Å²) >= 11 is 0. The number of sulfonamides is 1. The zero-order valence-electron chi connectivity index (χ0n) is 31.8. The van der Waals surface area contributed by atoms with E-state index in [1.54, 1.807) is 12.1 Å². The molecule has 1 aliphatic heterocycles. The molecular weight excluding hydrogens is 707 g/mol. The van der Waals surface area contributed by atoms with Crippen LogP contribution in [-0.2, 0) is 29.7 Å². The summed E-state index contributed by atoms with van der Waals surface area (Å²) in [5.74, 6) is -0.142. The molecule has 1 unspecified atom stereocenters. The number of nitrogens with one attached hydrogen (secondary N) is 1. The summed E-state index contributed by atoms with van der Waals surface area (Å²) in [6.07, 6.45) is 4.12. The van der Waals surface area contributed by atoms with E-state index in [0.717, 1.165) is 54.7 Å². The van der Waals surface area contributed by atoms with Crippen LogP contribution in [0.15, 0.2) is 120 Å². The summed E-state index contributed by atoms with van der Waals surface area (Å²) in [7, 11) is -3.84. The number of carbonyl (C=O) groups excluding carboxylic acids is 1. The molecule has 5 aromatic rings. The molecule has 0 bridgehead atoms. The predicted octanol–water partition coefficient (Wildman–Crippen LogP) is 7.04. The Morgan fingerprint density at radius 1 is 0.836 bits per heavy atom. The molecule has 4 aromatic carbocycles. The largest absolute Gasteiger partial charge is 0.364 e. The second-order valence-electron chi connectivity index (χ2n) is 14.3. The number of benzene rings is 4. The molecule has 284 valence electrons. The van der Waals surface area contributed by atoms with Crippen molar-refractivity contribution < 1.29 is 13.2 Å². The Balaban J connectivity index is 1.16. The number of rotatable bonds is 15. The highest BCUT2D eigenvalue weighted by Crippen LogP contribution is 2.30. The third kappa shape index (κ3) is 10.0. The molecule has 0 aliphatic carbocycles. The molecule has 1 aliphatic rings. The third-order valence-corrected chi connectivity index (χ3v) is 12.3. The van der Waals surface area contributed by atoms with Crippen LogP contribution >= 0.6 is 0 Å². The Bertz CT molecular complexity index is 2120. The van der Waals surface area contributed by atoms with Crippen LogP contribution in [0, 0.1) is 25.2 Å². The number of nitrogens with zero attached hydrogens (tertiary/aromatic N) is 6. The van der Waals surface area contributed by atoms with Crippen LogP contribution in [0.5, 0.6) is 0 Å². The van der Waals surface area contributed by atoms with E-state index in [1.807, 2.05) is 111 Å². The van der Waals surface area contributed by atoms with Gasteiger partial charge in [-0.3, -0.25) is 4.79 Å². The smallest absolute Gasteiger partial charge is 0.254 e. The highest BCUT2D eigenvalue weighted by molar-refractivity contribution is 7.89. The first-order valence-electron chi connectivity index (χ1n) is 18.9. The molecule has 1 saturated heterocycles. The molecule has 55 heavy (non-hydrogen) atoms. The van der Waals surface area contributed by atoms with Crippen molar-refractivity contribution in [3.05, 3.63) is 155 Å². The fraction of sp³-hybridized carbons (Fsp3) is 0.318. The topological polar surface area (TPSA) is 123 Å². The van der Waals surface area contributed by atoms with E-state index in [9.17, 15) is 18.5 Å². The minimum atomic E-state index is -3.84. The minimum Gasteiger partial charge on any atom is -0.364 e. The van der Waals surface area contributed by atoms with E-state index in [-0.39, 0.29) is 36.0 Å². The normalized spacial score (nSPS) is 14.3. The predicted molar refractivity (Wildman–Crippen MR) is 216 cm³/mol. The molecule has 0 spiro atoms. The zero-order valence-corrected chi connectivity index (χ0v) is 32.6. The molecule has 0 saturated carbocycles. The molecule has 1 amide bonds. The Morgan fingerprint density at radius 3 is 2.00 bits per heavy atom. The lowest BCUT2D eigenvalue weighted by Gasteiger charge is -2.42. The number of hydrogen-bond donors (Lipinski definition) is 1. The van der Waals surface area contributed by atoms with Gasteiger partial charge in [-0.2, -0.15) is 9.57 Å². The lowest BCUT2D eigenvalue weighted by molar-refractivity contribution is 0.0943. The van der Waals surface area contributed by atoms with Gasteiger partial charge in [0, 0.05) is 57.0 Å². The van der Waals surface area contributed by atoms with E-state index in [1.165, 1.54) is 10.6 Å². The van der Waals surface area contributed by atoms with Gasteiger partial charge in [0.25, 0.3) is 5.91 Å². The van der Waals surface area contributed by atoms with Crippen LogP contribution in [0.1, 0.15) is 70.2 Å². The van der Waals surface area contributed by atoms with Gasteiger partial charge in [-0.1, -0.05) is 72.8 Å². The highest BCUT2D eigenvalue weighted by atomic mass is 32.2. The number of carbonyl (C=O) groups is 1. The monoisotopic (exact) mass is 755 g/mol. The van der Waals surface area contributed by atoms with E-state index >= 15 is 0 Å². The van der Waals surface area contributed by atoms with Gasteiger partial charge in [-0.25, -0.2) is 18.4 Å². The molecule has 1 fully saturated rings. The summed E-state index contributed by atoms with van der Waals surface area (Å²) < 4.78 is 30.0. The van der Waals surface area contributed by atoms with E-state index < -0.39 is 10.0 Å². The molecule has 10 nitrogen and oxygen atoms in total. The summed E-state index contributed by atoms with van der Waals surface area (Å²) in [5.41, 5.74) is 6.29. The van der Waals surface area contributed by atoms with Crippen molar-refractivity contribution in [2.45, 2.75) is 76.6 Å². The summed E-state index contributed by atoms with van der Waals surface area (Å²) in [4.78, 5) is 26.3. The standard InChI is InChI=1S/C44H49N7O3S/c1-33(21-24-46-44(52)43-34(2)47-32-48-35(43)3)49-25-22-41(23-26-49)51(31-39-16-10-15-38(27-39)28-45)40-17-19-42(20-18-40)55(53,54)50(29-36-11-6-4-7-12-36)30-37-13-8-5-9-14-37/h4-20,27,32-33,41H,21-26,29-31H2,1-3H3,(H,46,52). The van der Waals surface area contributed by atoms with E-state index in [4.69, 9.17) is 0 Å². The van der Waals surface area contributed by atoms with Gasteiger partial charge in [0.05, 0.1) is 33.5 Å². The first-order chi connectivity index (χ1) is 26.6. The van der Waals surface area contributed by atoms with Gasteiger partial charge in [0.1, 0.15) is 6.33 Å². The van der Waals surface area contributed by atoms with Crippen LogP contribution in [0.2, 0.25) is 0 Å². The van der Waals surface area contributed by atoms with E-state index in [2.05, 4.69) is 38.1 Å². The van der Waals surface area contributed by atoms with E-state index in [0.29, 0.717) is 35.6 Å². The van der Waals surface area contributed by atoms with Crippen LogP contribution in [0.3, 0.4) is 0 Å². The Hall–Kier alpha value is -5.41. The Morgan fingerprint density at radius 2 is 1.42 bits per heavy atom. The molecule has 6 rings (SSSR count). The van der Waals surface area contributed by atoms with Gasteiger partial charge >= 0.3 is 0 Å². The number of nitriles is 1. The Kier molecular flexibility index (Phi) is 13.1. The SMILES string of the molecule is Cc1ncnc(C)c1C(=O)NCCC(C)N1CCC(N(Cc2cccc(C#N)c2)c2ccc(S(=O)(=O)N(Cc3ccccc3)Cc3ccccc3)cc2)CC1. The summed E-state index contributed by atoms with van der Waals surface area (Å²) in [6, 6.07) is 37.0.